The molecule has 15 heavy (non-hydrogen) atoms. The maximum absolute atomic E-state index is 9.58. The van der Waals surface area contributed by atoms with Crippen molar-refractivity contribution in [2.75, 3.05) is 18.5 Å². The number of nitrogens with one attached hydrogen (secondary N) is 1. The van der Waals surface area contributed by atoms with Gasteiger partial charge in [-0.1, -0.05) is 11.6 Å². The molecule has 5 heteroatoms. The van der Waals surface area contributed by atoms with Crippen LogP contribution in [0.1, 0.15) is 0 Å². The van der Waals surface area contributed by atoms with Gasteiger partial charge in [-0.25, -0.2) is 0 Å². The zero-order chi connectivity index (χ0) is 10.8. The molecule has 3 nitrogen and oxygen atoms in total. The highest BCUT2D eigenvalue weighted by Gasteiger charge is 2.26. The van der Waals surface area contributed by atoms with E-state index in [1.54, 1.807) is 0 Å². The average Bonchev–Trinajstić information content (AvgIpc) is 2.57. The van der Waals surface area contributed by atoms with Gasteiger partial charge in [0.05, 0.1) is 25.4 Å². The smallest absolute Gasteiger partial charge is 0.0996 e. The zero-order valence-corrected chi connectivity index (χ0v) is 10.8. The van der Waals surface area contributed by atoms with Gasteiger partial charge in [-0.3, -0.25) is 0 Å². The van der Waals surface area contributed by atoms with E-state index < -0.39 is 6.10 Å². The Balaban J connectivity index is 2.10. The first kappa shape index (κ1) is 11.4. The minimum Gasteiger partial charge on any atom is -0.388 e. The molecule has 82 valence electrons. The zero-order valence-electron chi connectivity index (χ0n) is 7.91. The minimum atomic E-state index is -0.434. The molecule has 1 saturated heterocycles. The van der Waals surface area contributed by atoms with Crippen molar-refractivity contribution < 1.29 is 9.84 Å². The number of hydrogen-bond donors (Lipinski definition) is 2. The first-order valence-corrected chi connectivity index (χ1v) is 6.10. The predicted molar refractivity (Wildman–Crippen MR) is 68.4 cm³/mol. The van der Waals surface area contributed by atoms with Crippen LogP contribution in [0.5, 0.6) is 0 Å². The lowest BCUT2D eigenvalue weighted by Crippen LogP contribution is -2.32. The molecule has 2 unspecified atom stereocenters. The fourth-order valence-corrected chi connectivity index (χ4v) is 2.51. The Labute approximate surface area is 107 Å². The third-order valence-corrected chi connectivity index (χ3v) is 3.45. The van der Waals surface area contributed by atoms with E-state index in [2.05, 4.69) is 27.9 Å². The Kier molecular flexibility index (Phi) is 3.71. The first-order chi connectivity index (χ1) is 7.16. The second-order valence-electron chi connectivity index (χ2n) is 3.48. The fourth-order valence-electron chi connectivity index (χ4n) is 1.49. The SMILES string of the molecule is OC1COCC1Nc1ccc(Cl)cc1I. The van der Waals surface area contributed by atoms with Crippen molar-refractivity contribution in [1.29, 1.82) is 0 Å². The Morgan fingerprint density at radius 3 is 2.87 bits per heavy atom. The number of rotatable bonds is 2. The van der Waals surface area contributed by atoms with Gasteiger partial charge in [0.2, 0.25) is 0 Å². The van der Waals surface area contributed by atoms with E-state index in [0.29, 0.717) is 18.2 Å². The second kappa shape index (κ2) is 4.86. The number of hydrogen-bond acceptors (Lipinski definition) is 3. The average molecular weight is 340 g/mol. The van der Waals surface area contributed by atoms with Crippen molar-refractivity contribution >= 4 is 39.9 Å². The largest absolute Gasteiger partial charge is 0.388 e. The molecule has 1 aromatic carbocycles. The van der Waals surface area contributed by atoms with Gasteiger partial charge in [0.1, 0.15) is 0 Å². The Morgan fingerprint density at radius 1 is 1.47 bits per heavy atom. The van der Waals surface area contributed by atoms with E-state index in [9.17, 15) is 5.11 Å². The highest BCUT2D eigenvalue weighted by molar-refractivity contribution is 14.1. The summed E-state index contributed by atoms with van der Waals surface area (Å²) < 4.78 is 6.21. The molecule has 0 spiro atoms. The number of halogens is 2. The van der Waals surface area contributed by atoms with Gasteiger partial charge < -0.3 is 15.2 Å². The standard InChI is InChI=1S/C10H11ClINO2/c11-6-1-2-8(7(12)3-6)13-9-4-15-5-10(9)14/h1-3,9-10,13-14H,4-5H2. The maximum atomic E-state index is 9.58. The van der Waals surface area contributed by atoms with Crippen molar-refractivity contribution in [3.05, 3.63) is 26.8 Å². The lowest BCUT2D eigenvalue weighted by Gasteiger charge is -2.17. The van der Waals surface area contributed by atoms with Gasteiger partial charge in [0.15, 0.2) is 0 Å². The predicted octanol–water partition coefficient (Wildman–Crippen LogP) is 2.12. The third kappa shape index (κ3) is 2.75. The summed E-state index contributed by atoms with van der Waals surface area (Å²) in [6, 6.07) is 5.59. The van der Waals surface area contributed by atoms with Gasteiger partial charge in [-0.2, -0.15) is 0 Å². The molecule has 0 aromatic heterocycles. The molecule has 0 bridgehead atoms. The normalized spacial score (nSPS) is 25.5. The molecule has 0 radical (unpaired) electrons. The molecule has 1 aliphatic rings. The Morgan fingerprint density at radius 2 is 2.27 bits per heavy atom. The lowest BCUT2D eigenvalue weighted by atomic mass is 10.2. The first-order valence-electron chi connectivity index (χ1n) is 4.64. The third-order valence-electron chi connectivity index (χ3n) is 2.32. The molecule has 2 rings (SSSR count). The maximum Gasteiger partial charge on any atom is 0.0996 e. The number of benzene rings is 1. The van der Waals surface area contributed by atoms with Crippen molar-refractivity contribution in [2.45, 2.75) is 12.1 Å². The molecule has 0 aliphatic carbocycles. The number of anilines is 1. The molecule has 1 fully saturated rings. The molecule has 2 atom stereocenters. The summed E-state index contributed by atoms with van der Waals surface area (Å²) in [6.45, 7) is 0.946. The van der Waals surface area contributed by atoms with Gasteiger partial charge in [-0.05, 0) is 40.8 Å². The molecular weight excluding hydrogens is 328 g/mol. The molecule has 1 aromatic rings. The summed E-state index contributed by atoms with van der Waals surface area (Å²) in [4.78, 5) is 0. The van der Waals surface area contributed by atoms with Crippen molar-refractivity contribution in [3.63, 3.8) is 0 Å². The van der Waals surface area contributed by atoms with Gasteiger partial charge in [0.25, 0.3) is 0 Å². The van der Waals surface area contributed by atoms with Gasteiger partial charge in [0, 0.05) is 14.3 Å². The Hall–Kier alpha value is -0.0400. The highest BCUT2D eigenvalue weighted by atomic mass is 127. The van der Waals surface area contributed by atoms with Crippen LogP contribution in [0.4, 0.5) is 5.69 Å². The molecule has 1 heterocycles. The summed E-state index contributed by atoms with van der Waals surface area (Å²) >= 11 is 8.07. The van der Waals surface area contributed by atoms with Crippen LogP contribution in [-0.2, 0) is 4.74 Å². The molecule has 0 amide bonds. The van der Waals surface area contributed by atoms with Crippen molar-refractivity contribution in [1.82, 2.24) is 0 Å². The molecule has 2 N–H and O–H groups in total. The van der Waals surface area contributed by atoms with Crippen molar-refractivity contribution in [2.24, 2.45) is 0 Å². The summed E-state index contributed by atoms with van der Waals surface area (Å²) in [5, 5.41) is 13.5. The molecule has 1 aliphatic heterocycles. The van der Waals surface area contributed by atoms with E-state index in [4.69, 9.17) is 16.3 Å². The van der Waals surface area contributed by atoms with Crippen LogP contribution >= 0.6 is 34.2 Å². The van der Waals surface area contributed by atoms with E-state index in [1.807, 2.05) is 18.2 Å². The van der Waals surface area contributed by atoms with E-state index in [0.717, 1.165) is 9.26 Å². The van der Waals surface area contributed by atoms with Gasteiger partial charge in [-0.15, -0.1) is 0 Å². The number of aliphatic hydroxyl groups excluding tert-OH is 1. The number of aliphatic hydroxyl groups is 1. The van der Waals surface area contributed by atoms with Gasteiger partial charge >= 0.3 is 0 Å². The fraction of sp³-hybridized carbons (Fsp3) is 0.400. The summed E-state index contributed by atoms with van der Waals surface area (Å²) in [6.07, 6.45) is -0.434. The van der Waals surface area contributed by atoms with Crippen LogP contribution in [-0.4, -0.2) is 30.5 Å². The summed E-state index contributed by atoms with van der Waals surface area (Å²) in [5.74, 6) is 0. The molecule has 0 saturated carbocycles. The van der Waals surface area contributed by atoms with Crippen LogP contribution in [0, 0.1) is 3.57 Å². The van der Waals surface area contributed by atoms with E-state index >= 15 is 0 Å². The number of ether oxygens (including phenoxy) is 1. The van der Waals surface area contributed by atoms with Crippen LogP contribution in [0.2, 0.25) is 5.02 Å². The van der Waals surface area contributed by atoms with Crippen LogP contribution in [0.15, 0.2) is 18.2 Å². The van der Waals surface area contributed by atoms with E-state index in [-0.39, 0.29) is 6.04 Å². The topological polar surface area (TPSA) is 41.5 Å². The van der Waals surface area contributed by atoms with Crippen LogP contribution in [0.25, 0.3) is 0 Å². The minimum absolute atomic E-state index is 0.0281. The van der Waals surface area contributed by atoms with E-state index in [1.165, 1.54) is 0 Å². The molecular formula is C10H11ClINO2. The summed E-state index contributed by atoms with van der Waals surface area (Å²) in [7, 11) is 0. The quantitative estimate of drug-likeness (QED) is 0.811. The monoisotopic (exact) mass is 339 g/mol. The Bertz CT molecular complexity index is 361. The second-order valence-corrected chi connectivity index (χ2v) is 5.08. The summed E-state index contributed by atoms with van der Waals surface area (Å²) in [5.41, 5.74) is 0.981. The highest BCUT2D eigenvalue weighted by Crippen LogP contribution is 2.24. The van der Waals surface area contributed by atoms with Crippen molar-refractivity contribution in [3.8, 4) is 0 Å². The lowest BCUT2D eigenvalue weighted by molar-refractivity contribution is 0.125. The van der Waals surface area contributed by atoms with Crippen LogP contribution < -0.4 is 5.32 Å². The van der Waals surface area contributed by atoms with Crippen LogP contribution in [0.3, 0.4) is 0 Å².